The van der Waals surface area contributed by atoms with Crippen LogP contribution in [0.3, 0.4) is 0 Å². The largest absolute Gasteiger partial charge is 0.416 e. The van der Waals surface area contributed by atoms with Crippen molar-refractivity contribution in [2.75, 3.05) is 17.2 Å². The first kappa shape index (κ1) is 26.0. The number of hydrogen-bond acceptors (Lipinski definition) is 4. The Bertz CT molecular complexity index is 1530. The average molecular weight is 538 g/mol. The lowest BCUT2D eigenvalue weighted by molar-refractivity contribution is -0.137. The maximum Gasteiger partial charge on any atom is 0.416 e. The van der Waals surface area contributed by atoms with Crippen molar-refractivity contribution in [1.29, 1.82) is 0 Å². The van der Waals surface area contributed by atoms with Crippen LogP contribution < -0.4 is 16.0 Å². The zero-order valence-electron chi connectivity index (χ0n) is 20.6. The summed E-state index contributed by atoms with van der Waals surface area (Å²) in [5.41, 5.74) is 6.69. The number of carbonyl (C=O) groups is 2. The molecule has 0 fully saturated rings. The number of carbonyl (C=O) groups excluding carboxylic acids is 2. The summed E-state index contributed by atoms with van der Waals surface area (Å²) in [7, 11) is 0. The summed E-state index contributed by atoms with van der Waals surface area (Å²) in [5.74, 6) is -2.31. The molecule has 3 N–H and O–H groups in total. The molecule has 4 aromatic rings. The molecule has 0 saturated carbocycles. The van der Waals surface area contributed by atoms with Gasteiger partial charge in [0.1, 0.15) is 17.7 Å². The summed E-state index contributed by atoms with van der Waals surface area (Å²) in [4.78, 5) is 28.6. The first-order valence-corrected chi connectivity index (χ1v) is 12.1. The Balaban J connectivity index is 1.65. The van der Waals surface area contributed by atoms with E-state index in [2.05, 4.69) is 10.4 Å². The topological polar surface area (TPSA) is 93.2 Å². The van der Waals surface area contributed by atoms with Gasteiger partial charge in [-0.1, -0.05) is 36.4 Å². The summed E-state index contributed by atoms with van der Waals surface area (Å²) in [6.07, 6.45) is -4.65. The van der Waals surface area contributed by atoms with Crippen molar-refractivity contribution in [2.24, 2.45) is 0 Å². The fourth-order valence-corrected chi connectivity index (χ4v) is 4.87. The van der Waals surface area contributed by atoms with Crippen LogP contribution in [0.5, 0.6) is 0 Å². The smallest absolute Gasteiger partial charge is 0.382 e. The van der Waals surface area contributed by atoms with Crippen LogP contribution in [0.4, 0.5) is 29.2 Å². The summed E-state index contributed by atoms with van der Waals surface area (Å²) in [6, 6.07) is 17.1. The Labute approximate surface area is 220 Å². The monoisotopic (exact) mass is 537 g/mol. The van der Waals surface area contributed by atoms with Gasteiger partial charge < -0.3 is 11.1 Å². The van der Waals surface area contributed by atoms with Gasteiger partial charge in [0.2, 0.25) is 0 Å². The van der Waals surface area contributed by atoms with Crippen LogP contribution in [0.15, 0.2) is 78.9 Å². The quantitative estimate of drug-likeness (QED) is 0.354. The van der Waals surface area contributed by atoms with E-state index in [1.165, 1.54) is 39.9 Å². The van der Waals surface area contributed by atoms with Gasteiger partial charge in [-0.05, 0) is 55.0 Å². The van der Waals surface area contributed by atoms with Crippen LogP contribution in [-0.4, -0.2) is 34.2 Å². The number of likely N-dealkylation sites (N-methyl/N-ethyl adjacent to an activating group) is 1. The number of para-hydroxylation sites is 1. The molecule has 0 spiro atoms. The standard InChI is InChI=1S/C28H23F4N5O2/c1-2-36-26-22(24(33)35-37(26)20-9-4-3-5-10-20)21(16-11-13-19(29)14-12-16)23(27(36)39)34-25(38)17-7-6-8-18(15-17)28(30,31)32/h3-15,21,23H,2H2,1H3,(H2,33,35)(H,34,38)/t21-,23-/m0/s1. The molecular formula is C28H23F4N5O2. The molecule has 0 bridgehead atoms. The second kappa shape index (κ2) is 9.90. The van der Waals surface area contributed by atoms with Gasteiger partial charge in [0.15, 0.2) is 5.82 Å². The van der Waals surface area contributed by atoms with Crippen LogP contribution in [0.25, 0.3) is 5.69 Å². The molecule has 1 aliphatic rings. The number of rotatable bonds is 5. The number of nitrogens with zero attached hydrogens (tertiary/aromatic N) is 3. The van der Waals surface area contributed by atoms with Crippen molar-refractivity contribution >= 4 is 23.5 Å². The molecule has 0 unspecified atom stereocenters. The number of alkyl halides is 3. The van der Waals surface area contributed by atoms with E-state index in [-0.39, 0.29) is 17.9 Å². The lowest BCUT2D eigenvalue weighted by Crippen LogP contribution is -2.55. The van der Waals surface area contributed by atoms with Gasteiger partial charge in [0, 0.05) is 23.6 Å². The second-order valence-corrected chi connectivity index (χ2v) is 9.01. The van der Waals surface area contributed by atoms with Crippen LogP contribution in [0, 0.1) is 5.82 Å². The van der Waals surface area contributed by atoms with Crippen LogP contribution in [-0.2, 0) is 11.0 Å². The molecule has 200 valence electrons. The zero-order valence-corrected chi connectivity index (χ0v) is 20.6. The fraction of sp³-hybridized carbons (Fsp3) is 0.179. The Hall–Kier alpha value is -4.67. The van der Waals surface area contributed by atoms with E-state index < -0.39 is 41.3 Å². The van der Waals surface area contributed by atoms with Gasteiger partial charge in [0.25, 0.3) is 11.8 Å². The fourth-order valence-electron chi connectivity index (χ4n) is 4.87. The normalized spacial score (nSPS) is 17.2. The maximum absolute atomic E-state index is 13.9. The Morgan fingerprint density at radius 1 is 1.03 bits per heavy atom. The molecule has 2 amide bonds. The lowest BCUT2D eigenvalue weighted by Gasteiger charge is -2.38. The first-order chi connectivity index (χ1) is 18.6. The number of amides is 2. The molecule has 5 rings (SSSR count). The first-order valence-electron chi connectivity index (χ1n) is 12.1. The Morgan fingerprint density at radius 2 is 1.72 bits per heavy atom. The number of fused-ring (bicyclic) bond motifs is 1. The highest BCUT2D eigenvalue weighted by Gasteiger charge is 2.46. The molecule has 0 radical (unpaired) electrons. The van der Waals surface area contributed by atoms with E-state index in [0.717, 1.165) is 18.2 Å². The van der Waals surface area contributed by atoms with E-state index in [0.29, 0.717) is 22.6 Å². The van der Waals surface area contributed by atoms with Crippen molar-refractivity contribution in [3.8, 4) is 5.69 Å². The summed E-state index contributed by atoms with van der Waals surface area (Å²) >= 11 is 0. The van der Waals surface area contributed by atoms with Crippen LogP contribution in [0.2, 0.25) is 0 Å². The highest BCUT2D eigenvalue weighted by molar-refractivity contribution is 6.06. The Kier molecular flexibility index (Phi) is 6.59. The van der Waals surface area contributed by atoms with Gasteiger partial charge in [0.05, 0.1) is 11.3 Å². The number of hydrogen-bond donors (Lipinski definition) is 2. The Morgan fingerprint density at radius 3 is 2.36 bits per heavy atom. The molecule has 7 nitrogen and oxygen atoms in total. The van der Waals surface area contributed by atoms with Crippen LogP contribution in [0.1, 0.15) is 39.9 Å². The molecule has 39 heavy (non-hydrogen) atoms. The number of halogens is 4. The summed E-state index contributed by atoms with van der Waals surface area (Å²) in [6.45, 7) is 1.93. The number of nitrogen functional groups attached to an aromatic ring is 1. The van der Waals surface area contributed by atoms with Crippen LogP contribution >= 0.6 is 0 Å². The maximum atomic E-state index is 13.9. The van der Waals surface area contributed by atoms with Gasteiger partial charge in [-0.3, -0.25) is 14.5 Å². The minimum Gasteiger partial charge on any atom is -0.382 e. The SMILES string of the molecule is CCN1C(=O)[C@@H](NC(=O)c2cccc(C(F)(F)F)c2)[C@@H](c2ccc(F)cc2)c2c(N)nn(-c3ccccc3)c21. The van der Waals surface area contributed by atoms with Gasteiger partial charge in [-0.2, -0.15) is 13.2 Å². The molecule has 0 saturated heterocycles. The van der Waals surface area contributed by atoms with Crippen molar-refractivity contribution in [2.45, 2.75) is 25.1 Å². The van der Waals surface area contributed by atoms with E-state index >= 15 is 0 Å². The summed E-state index contributed by atoms with van der Waals surface area (Å²) in [5, 5.41) is 7.11. The lowest BCUT2D eigenvalue weighted by atomic mass is 9.81. The second-order valence-electron chi connectivity index (χ2n) is 9.01. The third kappa shape index (κ3) is 4.71. The van der Waals surface area contributed by atoms with Gasteiger partial charge >= 0.3 is 6.18 Å². The van der Waals surface area contributed by atoms with E-state index in [1.54, 1.807) is 31.2 Å². The minimum atomic E-state index is -4.65. The van der Waals surface area contributed by atoms with E-state index in [1.807, 2.05) is 6.07 Å². The number of benzene rings is 3. The molecule has 0 aliphatic carbocycles. The van der Waals surface area contributed by atoms with Crippen molar-refractivity contribution in [1.82, 2.24) is 15.1 Å². The third-order valence-electron chi connectivity index (χ3n) is 6.64. The highest BCUT2D eigenvalue weighted by atomic mass is 19.4. The predicted molar refractivity (Wildman–Crippen MR) is 137 cm³/mol. The van der Waals surface area contributed by atoms with Crippen molar-refractivity contribution in [3.05, 3.63) is 107 Å². The number of anilines is 2. The minimum absolute atomic E-state index is 0.0902. The molecule has 11 heteroatoms. The predicted octanol–water partition coefficient (Wildman–Crippen LogP) is 4.91. The van der Waals surface area contributed by atoms with Crippen molar-refractivity contribution < 1.29 is 27.2 Å². The van der Waals surface area contributed by atoms with Gasteiger partial charge in [-0.25, -0.2) is 9.07 Å². The number of nitrogens with one attached hydrogen (secondary N) is 1. The van der Waals surface area contributed by atoms with E-state index in [4.69, 9.17) is 5.73 Å². The average Bonchev–Trinajstić information content (AvgIpc) is 3.26. The molecule has 2 atom stereocenters. The number of nitrogens with two attached hydrogens (primary N) is 1. The number of aromatic nitrogens is 2. The summed E-state index contributed by atoms with van der Waals surface area (Å²) < 4.78 is 55.2. The van der Waals surface area contributed by atoms with Crippen molar-refractivity contribution in [3.63, 3.8) is 0 Å². The third-order valence-corrected chi connectivity index (χ3v) is 6.64. The molecule has 3 aromatic carbocycles. The molecule has 1 aromatic heterocycles. The molecule has 2 heterocycles. The molecular weight excluding hydrogens is 514 g/mol. The zero-order chi connectivity index (χ0) is 27.9. The molecule has 1 aliphatic heterocycles. The van der Waals surface area contributed by atoms with E-state index in [9.17, 15) is 27.2 Å². The highest BCUT2D eigenvalue weighted by Crippen LogP contribution is 2.44. The van der Waals surface area contributed by atoms with Gasteiger partial charge in [-0.15, -0.1) is 5.10 Å².